The van der Waals surface area contributed by atoms with E-state index < -0.39 is 23.1 Å². The normalized spacial score (nSPS) is 14.3. The molecule has 2 N–H and O–H groups in total. The highest BCUT2D eigenvalue weighted by Gasteiger charge is 2.28. The number of carbonyl (C=O) groups excluding carboxylic acids is 1. The fourth-order valence-electron chi connectivity index (χ4n) is 2.18. The van der Waals surface area contributed by atoms with Crippen molar-refractivity contribution in [1.29, 1.82) is 0 Å². The molecular weight excluding hydrogens is 316 g/mol. The molecule has 130 valence electrons. The molecule has 0 bridgehead atoms. The number of hydrogen-bond donors (Lipinski definition) is 2. The molecule has 0 aliphatic rings. The number of aliphatic hydroxyl groups is 1. The van der Waals surface area contributed by atoms with Crippen molar-refractivity contribution in [2.75, 3.05) is 6.54 Å². The van der Waals surface area contributed by atoms with Crippen LogP contribution in [0.4, 0.5) is 8.78 Å². The van der Waals surface area contributed by atoms with Gasteiger partial charge < -0.3 is 10.4 Å². The Bertz CT molecular complexity index is 749. The number of halogens is 2. The summed E-state index contributed by atoms with van der Waals surface area (Å²) in [5.74, 6) is -2.03. The van der Waals surface area contributed by atoms with Crippen LogP contribution in [0.5, 0.6) is 0 Å². The molecule has 2 aromatic rings. The van der Waals surface area contributed by atoms with Gasteiger partial charge in [0.25, 0.3) is 5.91 Å². The maximum atomic E-state index is 13.8. The lowest BCUT2D eigenvalue weighted by atomic mass is 9.95. The minimum atomic E-state index is -1.67. The number of nitrogens with zero attached hydrogens (tertiary/aromatic N) is 2. The second kappa shape index (κ2) is 6.32. The van der Waals surface area contributed by atoms with E-state index in [0.717, 1.165) is 12.1 Å². The molecule has 24 heavy (non-hydrogen) atoms. The first-order valence-electron chi connectivity index (χ1n) is 7.52. The van der Waals surface area contributed by atoms with E-state index in [9.17, 15) is 18.7 Å². The predicted molar refractivity (Wildman–Crippen MR) is 85.5 cm³/mol. The zero-order valence-corrected chi connectivity index (χ0v) is 14.1. The monoisotopic (exact) mass is 337 g/mol. The van der Waals surface area contributed by atoms with Gasteiger partial charge in [-0.2, -0.15) is 5.10 Å². The Morgan fingerprint density at radius 1 is 1.29 bits per heavy atom. The largest absolute Gasteiger partial charge is 0.383 e. The molecule has 1 aromatic carbocycles. The van der Waals surface area contributed by atoms with Crippen molar-refractivity contribution >= 4 is 5.91 Å². The Morgan fingerprint density at radius 3 is 2.50 bits per heavy atom. The van der Waals surface area contributed by atoms with Gasteiger partial charge in [-0.15, -0.1) is 0 Å². The average molecular weight is 337 g/mol. The average Bonchev–Trinajstić information content (AvgIpc) is 2.94. The summed E-state index contributed by atoms with van der Waals surface area (Å²) in [5, 5.41) is 17.1. The second-order valence-corrected chi connectivity index (χ2v) is 6.93. The van der Waals surface area contributed by atoms with Crippen molar-refractivity contribution < 1.29 is 18.7 Å². The maximum absolute atomic E-state index is 13.8. The highest BCUT2D eigenvalue weighted by Crippen LogP contribution is 2.23. The van der Waals surface area contributed by atoms with Gasteiger partial charge in [0.2, 0.25) is 0 Å². The molecule has 0 fully saturated rings. The van der Waals surface area contributed by atoms with Crippen molar-refractivity contribution in [2.45, 2.75) is 38.8 Å². The first-order valence-corrected chi connectivity index (χ1v) is 7.52. The molecule has 0 aliphatic heterocycles. The van der Waals surface area contributed by atoms with E-state index in [4.69, 9.17) is 0 Å². The molecule has 0 saturated carbocycles. The highest BCUT2D eigenvalue weighted by atomic mass is 19.1. The summed E-state index contributed by atoms with van der Waals surface area (Å²) in [4.78, 5) is 12.2. The Hall–Kier alpha value is -2.28. The van der Waals surface area contributed by atoms with Crippen LogP contribution in [0.2, 0.25) is 0 Å². The third-order valence-electron chi connectivity index (χ3n) is 3.64. The summed E-state index contributed by atoms with van der Waals surface area (Å²) in [6.45, 7) is 6.97. The minimum absolute atomic E-state index is 0.0883. The van der Waals surface area contributed by atoms with Crippen LogP contribution < -0.4 is 5.32 Å². The van der Waals surface area contributed by atoms with E-state index in [0.29, 0.717) is 11.6 Å². The fourth-order valence-corrected chi connectivity index (χ4v) is 2.18. The summed E-state index contributed by atoms with van der Waals surface area (Å²) >= 11 is 0. The van der Waals surface area contributed by atoms with E-state index in [1.54, 1.807) is 10.9 Å². The van der Waals surface area contributed by atoms with Gasteiger partial charge >= 0.3 is 0 Å². The van der Waals surface area contributed by atoms with Crippen molar-refractivity contribution in [1.82, 2.24) is 15.1 Å². The van der Waals surface area contributed by atoms with Gasteiger partial charge in [0, 0.05) is 17.8 Å². The number of rotatable bonds is 4. The van der Waals surface area contributed by atoms with Crippen LogP contribution in [0.25, 0.3) is 0 Å². The van der Waals surface area contributed by atoms with Gasteiger partial charge in [-0.25, -0.2) is 8.78 Å². The lowest BCUT2D eigenvalue weighted by Crippen LogP contribution is -2.39. The third-order valence-corrected chi connectivity index (χ3v) is 3.64. The molecule has 1 aromatic heterocycles. The Morgan fingerprint density at radius 2 is 1.96 bits per heavy atom. The Balaban J connectivity index is 2.08. The summed E-state index contributed by atoms with van der Waals surface area (Å²) in [5.41, 5.74) is -1.69. The van der Waals surface area contributed by atoms with Crippen molar-refractivity contribution in [3.63, 3.8) is 0 Å². The molecule has 0 unspecified atom stereocenters. The highest BCUT2D eigenvalue weighted by molar-refractivity contribution is 5.93. The Labute approximate surface area is 139 Å². The number of amides is 1. The molecular formula is C17H21F2N3O2. The SMILES string of the molecule is CC(C)(C)n1cc(C(=O)NC[C@@](C)(O)c2ccc(F)cc2F)cn1. The van der Waals surface area contributed by atoms with E-state index in [1.807, 2.05) is 20.8 Å². The summed E-state index contributed by atoms with van der Waals surface area (Å²) in [6, 6.07) is 2.91. The molecule has 0 aliphatic carbocycles. The smallest absolute Gasteiger partial charge is 0.254 e. The molecule has 0 spiro atoms. The van der Waals surface area contributed by atoms with Crippen LogP contribution in [0.1, 0.15) is 43.6 Å². The molecule has 0 saturated heterocycles. The van der Waals surface area contributed by atoms with Crippen molar-refractivity contribution in [2.24, 2.45) is 0 Å². The molecule has 7 heteroatoms. The zero-order valence-electron chi connectivity index (χ0n) is 14.1. The van der Waals surface area contributed by atoms with Gasteiger partial charge in [0.1, 0.15) is 17.2 Å². The maximum Gasteiger partial charge on any atom is 0.254 e. The standard InChI is InChI=1S/C17H21F2N3O2/c1-16(2,3)22-9-11(8-21-22)15(23)20-10-17(4,24)13-6-5-12(18)7-14(13)19/h5-9,24H,10H2,1-4H3,(H,20,23)/t17-/m1/s1. The first-order chi connectivity index (χ1) is 11.0. The first kappa shape index (κ1) is 18.1. The quantitative estimate of drug-likeness (QED) is 0.901. The van der Waals surface area contributed by atoms with Gasteiger partial charge in [-0.3, -0.25) is 9.48 Å². The van der Waals surface area contributed by atoms with Crippen LogP contribution in [0, 0.1) is 11.6 Å². The predicted octanol–water partition coefficient (Wildman–Crippen LogP) is 2.55. The lowest BCUT2D eigenvalue weighted by Gasteiger charge is -2.24. The summed E-state index contributed by atoms with van der Waals surface area (Å²) in [6.07, 6.45) is 3.02. The fraction of sp³-hybridized carbons (Fsp3) is 0.412. The minimum Gasteiger partial charge on any atom is -0.383 e. The van der Waals surface area contributed by atoms with Crippen LogP contribution in [0.3, 0.4) is 0 Å². The zero-order chi connectivity index (χ0) is 18.1. The van der Waals surface area contributed by atoms with Crippen LogP contribution >= 0.6 is 0 Å². The summed E-state index contributed by atoms with van der Waals surface area (Å²) < 4.78 is 28.4. The van der Waals surface area contributed by atoms with Crippen molar-refractivity contribution in [3.8, 4) is 0 Å². The molecule has 1 amide bonds. The summed E-state index contributed by atoms with van der Waals surface area (Å²) in [7, 11) is 0. The lowest BCUT2D eigenvalue weighted by molar-refractivity contribution is 0.0494. The van der Waals surface area contributed by atoms with E-state index in [1.165, 1.54) is 13.1 Å². The van der Waals surface area contributed by atoms with Gasteiger partial charge in [-0.1, -0.05) is 6.07 Å². The molecule has 1 heterocycles. The number of benzene rings is 1. The number of carbonyl (C=O) groups is 1. The molecule has 5 nitrogen and oxygen atoms in total. The second-order valence-electron chi connectivity index (χ2n) is 6.93. The number of nitrogens with one attached hydrogen (secondary N) is 1. The van der Waals surface area contributed by atoms with E-state index in [2.05, 4.69) is 10.4 Å². The van der Waals surface area contributed by atoms with E-state index >= 15 is 0 Å². The molecule has 0 radical (unpaired) electrons. The Kier molecular flexibility index (Phi) is 4.75. The van der Waals surface area contributed by atoms with Crippen LogP contribution in [-0.4, -0.2) is 27.3 Å². The third kappa shape index (κ3) is 3.97. The van der Waals surface area contributed by atoms with Crippen LogP contribution in [0.15, 0.2) is 30.6 Å². The molecule has 2 rings (SSSR count). The van der Waals surface area contributed by atoms with Gasteiger partial charge in [0.05, 0.1) is 23.8 Å². The van der Waals surface area contributed by atoms with Gasteiger partial charge in [0.15, 0.2) is 0 Å². The molecule has 1 atom stereocenters. The topological polar surface area (TPSA) is 67.2 Å². The van der Waals surface area contributed by atoms with Crippen molar-refractivity contribution in [3.05, 3.63) is 53.4 Å². The number of aromatic nitrogens is 2. The van der Waals surface area contributed by atoms with Crippen LogP contribution in [-0.2, 0) is 11.1 Å². The van der Waals surface area contributed by atoms with Gasteiger partial charge in [-0.05, 0) is 33.8 Å². The van der Waals surface area contributed by atoms with E-state index in [-0.39, 0.29) is 17.6 Å². The number of hydrogen-bond acceptors (Lipinski definition) is 3.